The number of carbonyl (C=O) groups excluding carboxylic acids is 2. The van der Waals surface area contributed by atoms with Crippen molar-refractivity contribution in [2.45, 2.75) is 19.8 Å². The summed E-state index contributed by atoms with van der Waals surface area (Å²) in [5, 5.41) is 4.88. The van der Waals surface area contributed by atoms with Crippen molar-refractivity contribution in [1.29, 1.82) is 0 Å². The van der Waals surface area contributed by atoms with Crippen LogP contribution in [0.25, 0.3) is 11.5 Å². The molecular weight excluding hydrogens is 402 g/mol. The maximum atomic E-state index is 12.1. The zero-order valence-corrected chi connectivity index (χ0v) is 16.8. The molecule has 1 aliphatic rings. The number of ether oxygens (including phenoxy) is 2. The van der Waals surface area contributed by atoms with Gasteiger partial charge in [0.25, 0.3) is 0 Å². The van der Waals surface area contributed by atoms with Gasteiger partial charge in [-0.25, -0.2) is 14.8 Å². The Morgan fingerprint density at radius 2 is 1.90 bits per heavy atom. The fraction of sp³-hybridized carbons (Fsp3) is 0.286. The summed E-state index contributed by atoms with van der Waals surface area (Å²) < 4.78 is 16.5. The Labute approximate surface area is 178 Å². The average molecular weight is 423 g/mol. The number of pyridine rings is 2. The summed E-state index contributed by atoms with van der Waals surface area (Å²) in [6.07, 6.45) is 5.88. The highest BCUT2D eigenvalue weighted by molar-refractivity contribution is 6.01. The summed E-state index contributed by atoms with van der Waals surface area (Å²) >= 11 is 0. The van der Waals surface area contributed by atoms with Gasteiger partial charge >= 0.3 is 6.03 Å². The van der Waals surface area contributed by atoms with Crippen LogP contribution in [-0.2, 0) is 9.53 Å². The SMILES string of the molecule is Cc1ncc(-c2cc(Oc3ccc(NC(=O)NC(=O)C4CCOCC4)nc3)ccn2)o1. The first kappa shape index (κ1) is 20.5. The summed E-state index contributed by atoms with van der Waals surface area (Å²) in [7, 11) is 0. The van der Waals surface area contributed by atoms with Gasteiger partial charge < -0.3 is 13.9 Å². The molecule has 10 nitrogen and oxygen atoms in total. The number of amides is 3. The van der Waals surface area contributed by atoms with Crippen LogP contribution < -0.4 is 15.4 Å². The lowest BCUT2D eigenvalue weighted by atomic mass is 10.00. The fourth-order valence-electron chi connectivity index (χ4n) is 3.06. The smallest absolute Gasteiger partial charge is 0.327 e. The summed E-state index contributed by atoms with van der Waals surface area (Å²) in [4.78, 5) is 36.6. The molecule has 3 amide bonds. The predicted octanol–water partition coefficient (Wildman–Crippen LogP) is 3.31. The standard InChI is InChI=1S/C21H21N5O5/c1-13-23-12-18(30-13)17-10-15(4-7-22-17)31-16-2-3-19(24-11-16)25-21(28)26-20(27)14-5-8-29-9-6-14/h2-4,7,10-12,14H,5-6,8-9H2,1H3,(H2,24,25,26,27,28). The lowest BCUT2D eigenvalue weighted by Crippen LogP contribution is -2.40. The van der Waals surface area contributed by atoms with E-state index in [1.54, 1.807) is 43.6 Å². The highest BCUT2D eigenvalue weighted by atomic mass is 16.5. The van der Waals surface area contributed by atoms with E-state index in [9.17, 15) is 9.59 Å². The Balaban J connectivity index is 1.33. The first-order valence-corrected chi connectivity index (χ1v) is 9.79. The second-order valence-electron chi connectivity index (χ2n) is 6.93. The number of oxazole rings is 1. The monoisotopic (exact) mass is 423 g/mol. The largest absolute Gasteiger partial charge is 0.456 e. The van der Waals surface area contributed by atoms with Gasteiger partial charge in [0, 0.05) is 38.3 Å². The van der Waals surface area contributed by atoms with Gasteiger partial charge in [-0.3, -0.25) is 20.4 Å². The second kappa shape index (κ2) is 9.35. The van der Waals surface area contributed by atoms with Gasteiger partial charge in [-0.1, -0.05) is 0 Å². The number of urea groups is 1. The van der Waals surface area contributed by atoms with E-state index in [-0.39, 0.29) is 17.6 Å². The van der Waals surface area contributed by atoms with Gasteiger partial charge in [0.2, 0.25) is 5.91 Å². The van der Waals surface area contributed by atoms with Crippen LogP contribution in [0, 0.1) is 12.8 Å². The van der Waals surface area contributed by atoms with E-state index in [2.05, 4.69) is 25.6 Å². The molecule has 1 fully saturated rings. The summed E-state index contributed by atoms with van der Waals surface area (Å²) in [6.45, 7) is 2.81. The van der Waals surface area contributed by atoms with Crippen LogP contribution in [0.4, 0.5) is 10.6 Å². The van der Waals surface area contributed by atoms with Crippen LogP contribution in [0.15, 0.2) is 47.3 Å². The number of imide groups is 1. The van der Waals surface area contributed by atoms with Gasteiger partial charge in [-0.05, 0) is 31.0 Å². The summed E-state index contributed by atoms with van der Waals surface area (Å²) in [6, 6.07) is 6.03. The molecule has 0 bridgehead atoms. The second-order valence-corrected chi connectivity index (χ2v) is 6.93. The molecule has 3 aromatic rings. The third-order valence-corrected chi connectivity index (χ3v) is 4.65. The van der Waals surface area contributed by atoms with Crippen molar-refractivity contribution < 1.29 is 23.5 Å². The number of hydrogen-bond donors (Lipinski definition) is 2. The summed E-state index contributed by atoms with van der Waals surface area (Å²) in [5.74, 6) is 1.87. The van der Waals surface area contributed by atoms with Crippen LogP contribution in [-0.4, -0.2) is 40.1 Å². The van der Waals surface area contributed by atoms with Gasteiger partial charge in [0.05, 0.1) is 12.4 Å². The van der Waals surface area contributed by atoms with Crippen molar-refractivity contribution in [3.63, 3.8) is 0 Å². The third-order valence-electron chi connectivity index (χ3n) is 4.65. The number of aromatic nitrogens is 3. The maximum absolute atomic E-state index is 12.1. The van der Waals surface area contributed by atoms with Crippen molar-refractivity contribution in [3.05, 3.63) is 48.7 Å². The van der Waals surface area contributed by atoms with E-state index >= 15 is 0 Å². The molecule has 0 atom stereocenters. The minimum atomic E-state index is -0.626. The lowest BCUT2D eigenvalue weighted by Gasteiger charge is -2.20. The molecule has 31 heavy (non-hydrogen) atoms. The first-order chi connectivity index (χ1) is 15.1. The van der Waals surface area contributed by atoms with E-state index in [0.29, 0.717) is 54.9 Å². The lowest BCUT2D eigenvalue weighted by molar-refractivity contribution is -0.126. The number of nitrogens with one attached hydrogen (secondary N) is 2. The molecule has 0 spiro atoms. The highest BCUT2D eigenvalue weighted by Crippen LogP contribution is 2.26. The molecule has 0 unspecified atom stereocenters. The topological polar surface area (TPSA) is 128 Å². The molecule has 2 N–H and O–H groups in total. The Hall–Kier alpha value is -3.79. The Morgan fingerprint density at radius 1 is 1.06 bits per heavy atom. The molecular formula is C21H21N5O5. The Kier molecular flexibility index (Phi) is 6.18. The van der Waals surface area contributed by atoms with Crippen molar-refractivity contribution in [1.82, 2.24) is 20.3 Å². The van der Waals surface area contributed by atoms with Crippen molar-refractivity contribution in [2.75, 3.05) is 18.5 Å². The van der Waals surface area contributed by atoms with Gasteiger partial charge in [0.1, 0.15) is 23.0 Å². The molecule has 4 rings (SSSR count). The van der Waals surface area contributed by atoms with E-state index in [4.69, 9.17) is 13.9 Å². The van der Waals surface area contributed by atoms with Crippen LogP contribution in [0.1, 0.15) is 18.7 Å². The number of nitrogens with zero attached hydrogens (tertiary/aromatic N) is 3. The van der Waals surface area contributed by atoms with E-state index in [1.807, 2.05) is 0 Å². The summed E-state index contributed by atoms with van der Waals surface area (Å²) in [5.41, 5.74) is 0.593. The highest BCUT2D eigenvalue weighted by Gasteiger charge is 2.23. The number of aryl methyl sites for hydroxylation is 1. The zero-order chi connectivity index (χ0) is 21.6. The van der Waals surface area contributed by atoms with Crippen LogP contribution in [0.3, 0.4) is 0 Å². The van der Waals surface area contributed by atoms with Gasteiger partial charge in [-0.2, -0.15) is 0 Å². The molecule has 10 heteroatoms. The van der Waals surface area contributed by atoms with Gasteiger partial charge in [0.15, 0.2) is 11.7 Å². The minimum Gasteiger partial charge on any atom is -0.456 e. The molecule has 160 valence electrons. The van der Waals surface area contributed by atoms with Gasteiger partial charge in [-0.15, -0.1) is 0 Å². The molecule has 4 heterocycles. The predicted molar refractivity (Wildman–Crippen MR) is 109 cm³/mol. The van der Waals surface area contributed by atoms with Crippen LogP contribution in [0.5, 0.6) is 11.5 Å². The third kappa shape index (κ3) is 5.43. The average Bonchev–Trinajstić information content (AvgIpc) is 3.22. The van der Waals surface area contributed by atoms with Crippen molar-refractivity contribution in [2.24, 2.45) is 5.92 Å². The number of rotatable bonds is 5. The molecule has 0 saturated carbocycles. The molecule has 0 aromatic carbocycles. The minimum absolute atomic E-state index is 0.214. The van der Waals surface area contributed by atoms with E-state index in [0.717, 1.165) is 0 Å². The molecule has 0 radical (unpaired) electrons. The maximum Gasteiger partial charge on any atom is 0.327 e. The molecule has 1 saturated heterocycles. The number of carbonyl (C=O) groups is 2. The quantitative estimate of drug-likeness (QED) is 0.640. The van der Waals surface area contributed by atoms with E-state index in [1.165, 1.54) is 6.20 Å². The Bertz CT molecular complexity index is 1060. The first-order valence-electron chi connectivity index (χ1n) is 9.79. The number of anilines is 1. The van der Waals surface area contributed by atoms with Crippen LogP contribution >= 0.6 is 0 Å². The zero-order valence-electron chi connectivity index (χ0n) is 16.8. The Morgan fingerprint density at radius 3 is 2.61 bits per heavy atom. The molecule has 1 aliphatic heterocycles. The van der Waals surface area contributed by atoms with Crippen molar-refractivity contribution in [3.8, 4) is 23.0 Å². The van der Waals surface area contributed by atoms with E-state index < -0.39 is 6.03 Å². The normalized spacial score (nSPS) is 14.1. The number of hydrogen-bond acceptors (Lipinski definition) is 8. The fourth-order valence-corrected chi connectivity index (χ4v) is 3.06. The van der Waals surface area contributed by atoms with Crippen LogP contribution in [0.2, 0.25) is 0 Å². The van der Waals surface area contributed by atoms with Crippen molar-refractivity contribution >= 4 is 17.8 Å². The molecule has 0 aliphatic carbocycles. The molecule has 3 aromatic heterocycles.